The third-order valence-electron chi connectivity index (χ3n) is 9.56. The molecule has 0 unspecified atom stereocenters. The van der Waals surface area contributed by atoms with Crippen molar-refractivity contribution in [3.8, 4) is 0 Å². The van der Waals surface area contributed by atoms with Gasteiger partial charge in [-0.15, -0.1) is 0 Å². The van der Waals surface area contributed by atoms with Gasteiger partial charge in [-0.25, -0.2) is 0 Å². The SMILES string of the molecule is C1=C[C@H](P(c2ccccc2)c2ccccc2)C(CN[C@@H]2CCCC[C@H]2NCC2=CC=C[C@@H]2P(c2ccccc2)c2ccccc2)=C1. The van der Waals surface area contributed by atoms with Crippen molar-refractivity contribution in [2.75, 3.05) is 13.1 Å². The van der Waals surface area contributed by atoms with Crippen molar-refractivity contribution >= 4 is 37.1 Å². The minimum atomic E-state index is -0.518. The number of rotatable bonds is 12. The Kier molecular flexibility index (Phi) is 10.5. The number of hydrogen-bond acceptors (Lipinski definition) is 2. The van der Waals surface area contributed by atoms with Crippen molar-refractivity contribution in [1.29, 1.82) is 0 Å². The molecule has 4 atom stereocenters. The zero-order chi connectivity index (χ0) is 31.0. The molecule has 1 saturated carbocycles. The van der Waals surface area contributed by atoms with E-state index in [-0.39, 0.29) is 0 Å². The molecule has 4 aromatic rings. The highest BCUT2D eigenvalue weighted by molar-refractivity contribution is 7.74. The van der Waals surface area contributed by atoms with E-state index in [0.29, 0.717) is 23.4 Å². The second-order valence-electron chi connectivity index (χ2n) is 12.5. The quantitative estimate of drug-likeness (QED) is 0.157. The zero-order valence-electron chi connectivity index (χ0n) is 26.5. The van der Waals surface area contributed by atoms with Gasteiger partial charge < -0.3 is 10.6 Å². The summed E-state index contributed by atoms with van der Waals surface area (Å²) in [7, 11) is -1.04. The summed E-state index contributed by atoms with van der Waals surface area (Å²) in [6.07, 6.45) is 19.3. The minimum Gasteiger partial charge on any atom is -0.309 e. The van der Waals surface area contributed by atoms with Crippen molar-refractivity contribution in [2.45, 2.75) is 49.1 Å². The summed E-state index contributed by atoms with van der Waals surface area (Å²) in [4.78, 5) is 0. The maximum Gasteiger partial charge on any atom is 0.0279 e. The van der Waals surface area contributed by atoms with Gasteiger partial charge >= 0.3 is 0 Å². The van der Waals surface area contributed by atoms with E-state index in [0.717, 1.165) is 13.1 Å². The summed E-state index contributed by atoms with van der Waals surface area (Å²) in [5.74, 6) is 0. The molecule has 0 saturated heterocycles. The van der Waals surface area contributed by atoms with E-state index in [1.807, 2.05) is 0 Å². The first-order valence-corrected chi connectivity index (χ1v) is 19.7. The monoisotopic (exact) mass is 638 g/mol. The van der Waals surface area contributed by atoms with Gasteiger partial charge in [0.25, 0.3) is 0 Å². The van der Waals surface area contributed by atoms with Crippen LogP contribution in [0.3, 0.4) is 0 Å². The highest BCUT2D eigenvalue weighted by Gasteiger charge is 2.31. The van der Waals surface area contributed by atoms with Crippen LogP contribution >= 0.6 is 15.8 Å². The van der Waals surface area contributed by atoms with Gasteiger partial charge in [0.1, 0.15) is 0 Å². The fraction of sp³-hybridized carbons (Fsp3) is 0.238. The lowest BCUT2D eigenvalue weighted by atomic mass is 9.90. The molecule has 46 heavy (non-hydrogen) atoms. The van der Waals surface area contributed by atoms with Crippen LogP contribution in [0.15, 0.2) is 169 Å². The van der Waals surface area contributed by atoms with Crippen LogP contribution < -0.4 is 31.9 Å². The van der Waals surface area contributed by atoms with Crippen molar-refractivity contribution in [3.05, 3.63) is 169 Å². The van der Waals surface area contributed by atoms with Crippen LogP contribution in [0.1, 0.15) is 25.7 Å². The molecule has 2 nitrogen and oxygen atoms in total. The highest BCUT2D eigenvalue weighted by Crippen LogP contribution is 2.46. The van der Waals surface area contributed by atoms with Gasteiger partial charge in [0.05, 0.1) is 0 Å². The van der Waals surface area contributed by atoms with Crippen LogP contribution in [0.4, 0.5) is 0 Å². The van der Waals surface area contributed by atoms with Crippen LogP contribution in [-0.4, -0.2) is 36.5 Å². The fourth-order valence-corrected chi connectivity index (χ4v) is 12.7. The predicted octanol–water partition coefficient (Wildman–Crippen LogP) is 7.47. The highest BCUT2D eigenvalue weighted by atomic mass is 31.1. The third-order valence-corrected chi connectivity index (χ3v) is 15.1. The molecule has 0 amide bonds. The van der Waals surface area contributed by atoms with Gasteiger partial charge in [-0.2, -0.15) is 0 Å². The smallest absolute Gasteiger partial charge is 0.0279 e. The first kappa shape index (κ1) is 31.2. The number of hydrogen-bond donors (Lipinski definition) is 2. The van der Waals surface area contributed by atoms with E-state index < -0.39 is 15.8 Å². The molecule has 0 heterocycles. The van der Waals surface area contributed by atoms with Gasteiger partial charge in [-0.05, 0) is 61.0 Å². The maximum absolute atomic E-state index is 4.07. The number of benzene rings is 4. The van der Waals surface area contributed by atoms with Gasteiger partial charge in [0.15, 0.2) is 0 Å². The first-order chi connectivity index (χ1) is 22.8. The number of nitrogens with one attached hydrogen (secondary N) is 2. The van der Waals surface area contributed by atoms with E-state index >= 15 is 0 Å². The first-order valence-electron chi connectivity index (χ1n) is 16.8. The zero-order valence-corrected chi connectivity index (χ0v) is 28.2. The van der Waals surface area contributed by atoms with Crippen molar-refractivity contribution in [1.82, 2.24) is 10.6 Å². The number of allylic oxidation sites excluding steroid dienone is 6. The summed E-state index contributed by atoms with van der Waals surface area (Å²) in [6.45, 7) is 1.89. The van der Waals surface area contributed by atoms with Crippen molar-refractivity contribution < 1.29 is 0 Å². The third kappa shape index (κ3) is 7.27. The Morgan fingerprint density at radius 1 is 0.457 bits per heavy atom. The van der Waals surface area contributed by atoms with E-state index in [2.05, 4.69) is 168 Å². The average Bonchev–Trinajstić information content (AvgIpc) is 3.79. The predicted molar refractivity (Wildman–Crippen MR) is 202 cm³/mol. The average molecular weight is 639 g/mol. The molecule has 0 aliphatic heterocycles. The molecule has 232 valence electrons. The topological polar surface area (TPSA) is 24.1 Å². The normalized spacial score (nSPS) is 22.4. The van der Waals surface area contributed by atoms with Crippen LogP contribution in [-0.2, 0) is 0 Å². The van der Waals surface area contributed by atoms with Crippen molar-refractivity contribution in [3.63, 3.8) is 0 Å². The van der Waals surface area contributed by atoms with E-state index in [1.54, 1.807) is 0 Å². The van der Waals surface area contributed by atoms with E-state index in [1.165, 1.54) is 58.0 Å². The Bertz CT molecular complexity index is 1460. The molecule has 4 aromatic carbocycles. The molecule has 0 spiro atoms. The van der Waals surface area contributed by atoms with Gasteiger partial charge in [0, 0.05) is 36.5 Å². The largest absolute Gasteiger partial charge is 0.309 e. The summed E-state index contributed by atoms with van der Waals surface area (Å²) in [5.41, 5.74) is 3.88. The fourth-order valence-electron chi connectivity index (χ4n) is 7.26. The Balaban J connectivity index is 1.02. The summed E-state index contributed by atoms with van der Waals surface area (Å²) >= 11 is 0. The standard InChI is InChI=1S/C42H44N2P2/c1-5-19-35(20-6-1)45(36-21-7-2-8-22-36)41-29-15-17-33(41)31-43-39-27-13-14-28-40(39)44-32-34-18-16-30-42(34)46(37-23-9-3-10-24-37)38-25-11-4-12-26-38/h1-12,15-26,29-30,39-44H,13-14,27-28,31-32H2/t39-,40-,41+,42+/m1/s1. The lowest BCUT2D eigenvalue weighted by Crippen LogP contribution is -2.51. The lowest BCUT2D eigenvalue weighted by Gasteiger charge is -2.35. The van der Waals surface area contributed by atoms with Crippen LogP contribution in [0.5, 0.6) is 0 Å². The maximum atomic E-state index is 4.07. The van der Waals surface area contributed by atoms with Crippen molar-refractivity contribution in [2.24, 2.45) is 0 Å². The van der Waals surface area contributed by atoms with E-state index in [4.69, 9.17) is 0 Å². The van der Waals surface area contributed by atoms with Gasteiger partial charge in [-0.3, -0.25) is 0 Å². The Hall–Kier alpha value is -3.38. The second kappa shape index (κ2) is 15.5. The van der Waals surface area contributed by atoms with Gasteiger partial charge in [-0.1, -0.05) is 171 Å². The Morgan fingerprint density at radius 3 is 1.11 bits per heavy atom. The molecule has 4 heteroatoms. The lowest BCUT2D eigenvalue weighted by molar-refractivity contribution is 0.294. The Morgan fingerprint density at radius 2 is 0.783 bits per heavy atom. The Labute approximate surface area is 277 Å². The molecule has 0 bridgehead atoms. The summed E-state index contributed by atoms with van der Waals surface area (Å²) in [6, 6.07) is 45.5. The molecular formula is C42H44N2P2. The molecule has 0 aromatic heterocycles. The molecular weight excluding hydrogens is 594 g/mol. The summed E-state index contributed by atoms with van der Waals surface area (Å²) in [5, 5.41) is 13.9. The molecule has 1 fully saturated rings. The molecule has 3 aliphatic carbocycles. The molecule has 7 rings (SSSR count). The summed E-state index contributed by atoms with van der Waals surface area (Å²) < 4.78 is 0. The van der Waals surface area contributed by atoms with Gasteiger partial charge in [0.2, 0.25) is 0 Å². The van der Waals surface area contributed by atoms with Crippen LogP contribution in [0.2, 0.25) is 0 Å². The molecule has 0 radical (unpaired) electrons. The molecule has 2 N–H and O–H groups in total. The molecule has 3 aliphatic rings. The van der Waals surface area contributed by atoms with Crippen LogP contribution in [0.25, 0.3) is 0 Å². The van der Waals surface area contributed by atoms with E-state index in [9.17, 15) is 0 Å². The second-order valence-corrected chi connectivity index (χ2v) is 17.1. The minimum absolute atomic E-state index is 0.424. The van der Waals surface area contributed by atoms with Crippen LogP contribution in [0, 0.1) is 0 Å².